The molecule has 0 aliphatic heterocycles. The van der Waals surface area contributed by atoms with Crippen LogP contribution in [0.5, 0.6) is 0 Å². The van der Waals surface area contributed by atoms with Crippen LogP contribution in [0.15, 0.2) is 6.07 Å². The number of rotatable bonds is 4. The van der Waals surface area contributed by atoms with Crippen molar-refractivity contribution in [3.05, 3.63) is 17.0 Å². The van der Waals surface area contributed by atoms with Gasteiger partial charge in [0.05, 0.1) is 0 Å². The maximum absolute atomic E-state index is 5.89. The molecule has 0 aliphatic rings. The average molecular weight is 244 g/mol. The van der Waals surface area contributed by atoms with E-state index in [-0.39, 0.29) is 5.41 Å². The highest BCUT2D eigenvalue weighted by molar-refractivity contribution is 6.29. The van der Waals surface area contributed by atoms with Crippen molar-refractivity contribution in [2.24, 2.45) is 5.41 Å². The molecule has 0 bridgehead atoms. The Morgan fingerprint density at radius 3 is 2.62 bits per heavy atom. The smallest absolute Gasteiger partial charge is 0.158 e. The molecule has 1 aromatic heterocycles. The van der Waals surface area contributed by atoms with Crippen molar-refractivity contribution in [2.75, 3.05) is 19.0 Å². The summed E-state index contributed by atoms with van der Waals surface area (Å²) in [7, 11) is 1.60. The van der Waals surface area contributed by atoms with Crippen LogP contribution in [-0.2, 0) is 11.3 Å². The Kier molecular flexibility index (Phi) is 4.50. The Labute approximate surface area is 101 Å². The molecule has 1 N–H and O–H groups in total. The number of hydrogen-bond donors (Lipinski definition) is 1. The molecular weight excluding hydrogens is 226 g/mol. The second-order valence-corrected chi connectivity index (χ2v) is 5.23. The summed E-state index contributed by atoms with van der Waals surface area (Å²) in [4.78, 5) is 8.35. The van der Waals surface area contributed by atoms with Crippen molar-refractivity contribution < 1.29 is 4.74 Å². The van der Waals surface area contributed by atoms with Crippen molar-refractivity contribution in [1.82, 2.24) is 9.97 Å². The zero-order valence-corrected chi connectivity index (χ0v) is 10.9. The van der Waals surface area contributed by atoms with Gasteiger partial charge in [-0.05, 0) is 5.41 Å². The van der Waals surface area contributed by atoms with Crippen LogP contribution < -0.4 is 5.32 Å². The van der Waals surface area contributed by atoms with E-state index in [4.69, 9.17) is 16.3 Å². The minimum atomic E-state index is 0.193. The molecule has 1 heterocycles. The Bertz CT molecular complexity index is 350. The number of anilines is 1. The molecule has 0 amide bonds. The van der Waals surface area contributed by atoms with E-state index in [2.05, 4.69) is 36.1 Å². The third kappa shape index (κ3) is 4.77. The summed E-state index contributed by atoms with van der Waals surface area (Å²) >= 11 is 5.89. The number of methoxy groups -OCH3 is 1. The van der Waals surface area contributed by atoms with Gasteiger partial charge in [0.25, 0.3) is 0 Å². The van der Waals surface area contributed by atoms with Gasteiger partial charge in [-0.3, -0.25) is 0 Å². The van der Waals surface area contributed by atoms with Gasteiger partial charge in [0.1, 0.15) is 17.6 Å². The van der Waals surface area contributed by atoms with E-state index in [9.17, 15) is 0 Å². The van der Waals surface area contributed by atoms with Crippen LogP contribution in [0.25, 0.3) is 0 Å². The summed E-state index contributed by atoms with van der Waals surface area (Å²) in [6.07, 6.45) is 0. The lowest BCUT2D eigenvalue weighted by atomic mass is 9.97. The zero-order valence-electron chi connectivity index (χ0n) is 10.2. The summed E-state index contributed by atoms with van der Waals surface area (Å²) < 4.78 is 4.97. The monoisotopic (exact) mass is 243 g/mol. The third-order valence-corrected chi connectivity index (χ3v) is 2.01. The third-order valence-electron chi connectivity index (χ3n) is 1.81. The lowest BCUT2D eigenvalue weighted by molar-refractivity contribution is 0.178. The summed E-state index contributed by atoms with van der Waals surface area (Å²) in [5.41, 5.74) is 0.193. The van der Waals surface area contributed by atoms with Gasteiger partial charge < -0.3 is 10.1 Å². The SMILES string of the molecule is COCc1nc(Cl)cc(NCC(C)(C)C)n1. The van der Waals surface area contributed by atoms with Crippen LogP contribution in [0.1, 0.15) is 26.6 Å². The first-order valence-electron chi connectivity index (χ1n) is 5.17. The Hall–Kier alpha value is -0.870. The second-order valence-electron chi connectivity index (χ2n) is 4.84. The topological polar surface area (TPSA) is 47.0 Å². The van der Waals surface area contributed by atoms with E-state index in [0.29, 0.717) is 17.6 Å². The van der Waals surface area contributed by atoms with Crippen LogP contribution in [0.4, 0.5) is 5.82 Å². The highest BCUT2D eigenvalue weighted by Crippen LogP contribution is 2.16. The van der Waals surface area contributed by atoms with Gasteiger partial charge in [-0.15, -0.1) is 0 Å². The molecule has 1 rings (SSSR count). The largest absolute Gasteiger partial charge is 0.377 e. The lowest BCUT2D eigenvalue weighted by Gasteiger charge is -2.19. The molecule has 1 aromatic rings. The summed E-state index contributed by atoms with van der Waals surface area (Å²) in [5, 5.41) is 3.66. The Balaban J connectivity index is 2.72. The number of nitrogens with zero attached hydrogens (tertiary/aromatic N) is 2. The maximum atomic E-state index is 5.89. The molecule has 0 aromatic carbocycles. The standard InChI is InChI=1S/C11H18ClN3O/c1-11(2,3)7-13-9-5-8(12)14-10(15-9)6-16-4/h5H,6-7H2,1-4H3,(H,13,14,15). The quantitative estimate of drug-likeness (QED) is 0.826. The fourth-order valence-electron chi connectivity index (χ4n) is 1.10. The predicted octanol–water partition coefficient (Wildman–Crippen LogP) is 2.73. The number of aromatic nitrogens is 2. The molecule has 0 saturated carbocycles. The number of nitrogens with one attached hydrogen (secondary N) is 1. The summed E-state index contributed by atoms with van der Waals surface area (Å²) in [6, 6.07) is 1.71. The maximum Gasteiger partial charge on any atom is 0.158 e. The van der Waals surface area contributed by atoms with Gasteiger partial charge in [0.15, 0.2) is 5.82 Å². The van der Waals surface area contributed by atoms with Crippen LogP contribution >= 0.6 is 11.6 Å². The van der Waals surface area contributed by atoms with Gasteiger partial charge in [-0.25, -0.2) is 9.97 Å². The first-order valence-corrected chi connectivity index (χ1v) is 5.55. The fraction of sp³-hybridized carbons (Fsp3) is 0.636. The van der Waals surface area contributed by atoms with Crippen LogP contribution in [0.2, 0.25) is 5.15 Å². The van der Waals surface area contributed by atoms with E-state index in [1.807, 2.05) is 0 Å². The van der Waals surface area contributed by atoms with Gasteiger partial charge in [0, 0.05) is 19.7 Å². The molecule has 0 atom stereocenters. The molecule has 5 heteroatoms. The Morgan fingerprint density at radius 1 is 1.38 bits per heavy atom. The summed E-state index contributed by atoms with van der Waals surface area (Å²) in [5.74, 6) is 1.33. The first-order chi connectivity index (χ1) is 7.40. The predicted molar refractivity (Wildman–Crippen MR) is 65.7 cm³/mol. The first kappa shape index (κ1) is 13.2. The molecule has 0 radical (unpaired) electrons. The van der Waals surface area contributed by atoms with E-state index < -0.39 is 0 Å². The molecule has 16 heavy (non-hydrogen) atoms. The van der Waals surface area contributed by atoms with Crippen molar-refractivity contribution in [1.29, 1.82) is 0 Å². The van der Waals surface area contributed by atoms with Crippen molar-refractivity contribution in [3.63, 3.8) is 0 Å². The van der Waals surface area contributed by atoms with E-state index in [0.717, 1.165) is 12.4 Å². The molecular formula is C11H18ClN3O. The number of halogens is 1. The second kappa shape index (κ2) is 5.46. The van der Waals surface area contributed by atoms with Crippen LogP contribution in [0.3, 0.4) is 0 Å². The minimum Gasteiger partial charge on any atom is -0.377 e. The molecule has 0 fully saturated rings. The number of hydrogen-bond acceptors (Lipinski definition) is 4. The van der Waals surface area contributed by atoms with Crippen molar-refractivity contribution >= 4 is 17.4 Å². The average Bonchev–Trinajstić information content (AvgIpc) is 2.13. The van der Waals surface area contributed by atoms with E-state index >= 15 is 0 Å². The number of ether oxygens (including phenoxy) is 1. The highest BCUT2D eigenvalue weighted by Gasteiger charge is 2.10. The van der Waals surface area contributed by atoms with Gasteiger partial charge >= 0.3 is 0 Å². The van der Waals surface area contributed by atoms with E-state index in [1.54, 1.807) is 13.2 Å². The van der Waals surface area contributed by atoms with Gasteiger partial charge in [-0.2, -0.15) is 0 Å². The molecule has 0 unspecified atom stereocenters. The highest BCUT2D eigenvalue weighted by atomic mass is 35.5. The molecule has 4 nitrogen and oxygen atoms in total. The molecule has 0 spiro atoms. The van der Waals surface area contributed by atoms with Crippen molar-refractivity contribution in [3.8, 4) is 0 Å². The molecule has 90 valence electrons. The summed E-state index contributed by atoms with van der Waals surface area (Å²) in [6.45, 7) is 7.65. The van der Waals surface area contributed by atoms with Gasteiger partial charge in [-0.1, -0.05) is 32.4 Å². The van der Waals surface area contributed by atoms with E-state index in [1.165, 1.54) is 0 Å². The zero-order chi connectivity index (χ0) is 12.2. The van der Waals surface area contributed by atoms with Crippen LogP contribution in [0, 0.1) is 5.41 Å². The van der Waals surface area contributed by atoms with Gasteiger partial charge in [0.2, 0.25) is 0 Å². The lowest BCUT2D eigenvalue weighted by Crippen LogP contribution is -2.20. The molecule has 0 saturated heterocycles. The minimum absolute atomic E-state index is 0.193. The molecule has 0 aliphatic carbocycles. The van der Waals surface area contributed by atoms with Crippen molar-refractivity contribution in [2.45, 2.75) is 27.4 Å². The fourth-order valence-corrected chi connectivity index (χ4v) is 1.31. The Morgan fingerprint density at radius 2 is 2.06 bits per heavy atom. The normalized spacial score (nSPS) is 11.6. The van der Waals surface area contributed by atoms with Crippen LogP contribution in [-0.4, -0.2) is 23.6 Å².